The Bertz CT molecular complexity index is 327. The maximum atomic E-state index is 8.51. The second-order valence-corrected chi connectivity index (χ2v) is 3.57. The van der Waals surface area contributed by atoms with Crippen LogP contribution < -0.4 is 0 Å². The first-order valence-electron chi connectivity index (χ1n) is 3.62. The van der Waals surface area contributed by atoms with Crippen molar-refractivity contribution in [1.82, 2.24) is 0 Å². The zero-order valence-electron chi connectivity index (χ0n) is 6.20. The highest BCUT2D eigenvalue weighted by atomic mass is 79.9. The Morgan fingerprint density at radius 1 is 1.33 bits per heavy atom. The fourth-order valence-electron chi connectivity index (χ4n) is 1.12. The lowest BCUT2D eigenvalue weighted by Gasteiger charge is -1.93. The summed E-state index contributed by atoms with van der Waals surface area (Å²) >= 11 is 3.34. The summed E-state index contributed by atoms with van der Waals surface area (Å²) < 4.78 is 6.16. The van der Waals surface area contributed by atoms with E-state index in [1.807, 2.05) is 24.3 Å². The van der Waals surface area contributed by atoms with Gasteiger partial charge in [-0.3, -0.25) is 0 Å². The van der Waals surface area contributed by atoms with Crippen LogP contribution >= 0.6 is 15.9 Å². The number of benzene rings is 1. The summed E-state index contributed by atoms with van der Waals surface area (Å²) in [5, 5.41) is 8.51. The monoisotopic (exact) mass is 223 g/mol. The van der Waals surface area contributed by atoms with E-state index in [-0.39, 0.29) is 12.2 Å². The fourth-order valence-corrected chi connectivity index (χ4v) is 1.38. The third-order valence-electron chi connectivity index (χ3n) is 1.82. The number of ether oxygens (including phenoxy) is 1. The molecule has 1 aliphatic rings. The van der Waals surface area contributed by atoms with Gasteiger partial charge >= 0.3 is 0 Å². The summed E-state index contributed by atoms with van der Waals surface area (Å²) in [6.45, 7) is 0. The van der Waals surface area contributed by atoms with Gasteiger partial charge in [0.1, 0.15) is 6.10 Å². The Hall–Kier alpha value is -0.850. The predicted octanol–water partition coefficient (Wildman–Crippen LogP) is 2.41. The summed E-state index contributed by atoms with van der Waals surface area (Å²) in [6.07, 6.45) is -0.228. The molecule has 1 heterocycles. The Balaban J connectivity index is 2.17. The molecular weight excluding hydrogens is 218 g/mol. The molecule has 1 aromatic rings. The zero-order chi connectivity index (χ0) is 8.55. The van der Waals surface area contributed by atoms with Crippen molar-refractivity contribution in [1.29, 1.82) is 5.26 Å². The van der Waals surface area contributed by atoms with Gasteiger partial charge in [0.25, 0.3) is 0 Å². The topological polar surface area (TPSA) is 36.3 Å². The first-order chi connectivity index (χ1) is 5.81. The molecule has 0 bridgehead atoms. The molecule has 0 spiro atoms. The Morgan fingerprint density at radius 3 is 2.50 bits per heavy atom. The molecule has 1 aromatic carbocycles. The lowest BCUT2D eigenvalue weighted by molar-refractivity contribution is 0.396. The summed E-state index contributed by atoms with van der Waals surface area (Å²) in [5.41, 5.74) is 1.07. The van der Waals surface area contributed by atoms with Crippen molar-refractivity contribution in [3.8, 4) is 6.07 Å². The van der Waals surface area contributed by atoms with Gasteiger partial charge in [-0.05, 0) is 17.7 Å². The van der Waals surface area contributed by atoms with E-state index in [1.54, 1.807) is 0 Å². The number of rotatable bonds is 1. The van der Waals surface area contributed by atoms with E-state index in [9.17, 15) is 0 Å². The average Bonchev–Trinajstić information content (AvgIpc) is 2.85. The first-order valence-corrected chi connectivity index (χ1v) is 4.41. The van der Waals surface area contributed by atoms with E-state index in [2.05, 4.69) is 22.0 Å². The van der Waals surface area contributed by atoms with Crippen LogP contribution in [0.5, 0.6) is 0 Å². The van der Waals surface area contributed by atoms with Crippen LogP contribution in [0.3, 0.4) is 0 Å². The Morgan fingerprint density at radius 2 is 2.00 bits per heavy atom. The van der Waals surface area contributed by atoms with E-state index < -0.39 is 0 Å². The molecule has 2 atom stereocenters. The minimum atomic E-state index is -0.230. The molecule has 3 heteroatoms. The molecule has 0 unspecified atom stereocenters. The third kappa shape index (κ3) is 1.36. The van der Waals surface area contributed by atoms with Crippen LogP contribution in [0.4, 0.5) is 0 Å². The van der Waals surface area contributed by atoms with Gasteiger partial charge in [-0.15, -0.1) is 0 Å². The highest BCUT2D eigenvalue weighted by Crippen LogP contribution is 2.38. The molecule has 1 aliphatic heterocycles. The van der Waals surface area contributed by atoms with Crippen molar-refractivity contribution in [2.24, 2.45) is 0 Å². The van der Waals surface area contributed by atoms with Crippen LogP contribution in [0.25, 0.3) is 0 Å². The molecule has 2 nitrogen and oxygen atoms in total. The lowest BCUT2D eigenvalue weighted by Crippen LogP contribution is -1.83. The fraction of sp³-hybridized carbons (Fsp3) is 0.222. The second kappa shape index (κ2) is 2.89. The van der Waals surface area contributed by atoms with Gasteiger partial charge in [0.2, 0.25) is 0 Å². The molecule has 0 aromatic heterocycles. The molecule has 0 amide bonds. The molecule has 60 valence electrons. The molecule has 12 heavy (non-hydrogen) atoms. The van der Waals surface area contributed by atoms with Crippen LogP contribution in [0.1, 0.15) is 11.7 Å². The summed E-state index contributed by atoms with van der Waals surface area (Å²) in [4.78, 5) is 0. The van der Waals surface area contributed by atoms with Crippen LogP contribution in [0.2, 0.25) is 0 Å². The van der Waals surface area contributed by atoms with E-state index in [4.69, 9.17) is 10.00 Å². The molecule has 1 fully saturated rings. The van der Waals surface area contributed by atoms with Crippen molar-refractivity contribution >= 4 is 15.9 Å². The van der Waals surface area contributed by atoms with E-state index in [0.717, 1.165) is 10.0 Å². The van der Waals surface area contributed by atoms with Crippen molar-refractivity contribution in [2.45, 2.75) is 12.2 Å². The van der Waals surface area contributed by atoms with Crippen molar-refractivity contribution in [3.63, 3.8) is 0 Å². The van der Waals surface area contributed by atoms with Crippen LogP contribution in [0, 0.1) is 11.3 Å². The number of epoxide rings is 1. The first kappa shape index (κ1) is 7.78. The SMILES string of the molecule is N#C[C@H]1O[C@@H]1c1ccc(Br)cc1. The average molecular weight is 224 g/mol. The second-order valence-electron chi connectivity index (χ2n) is 2.66. The van der Waals surface area contributed by atoms with Crippen molar-refractivity contribution in [2.75, 3.05) is 0 Å². The summed E-state index contributed by atoms with van der Waals surface area (Å²) in [6, 6.07) is 9.90. The molecule has 2 rings (SSSR count). The van der Waals surface area contributed by atoms with E-state index >= 15 is 0 Å². The normalized spacial score (nSPS) is 26.3. The van der Waals surface area contributed by atoms with Gasteiger partial charge in [0.05, 0.1) is 6.07 Å². The smallest absolute Gasteiger partial charge is 0.175 e. The van der Waals surface area contributed by atoms with Gasteiger partial charge in [-0.1, -0.05) is 28.1 Å². The zero-order valence-corrected chi connectivity index (χ0v) is 7.78. The van der Waals surface area contributed by atoms with Crippen molar-refractivity contribution in [3.05, 3.63) is 34.3 Å². The van der Waals surface area contributed by atoms with Gasteiger partial charge in [-0.2, -0.15) is 5.26 Å². The van der Waals surface area contributed by atoms with Crippen LogP contribution in [-0.4, -0.2) is 6.10 Å². The number of halogens is 1. The highest BCUT2D eigenvalue weighted by molar-refractivity contribution is 9.10. The molecule has 0 N–H and O–H groups in total. The standard InChI is InChI=1S/C9H6BrNO/c10-7-3-1-6(2-4-7)9-8(5-11)12-9/h1-4,8-9H/t8-,9-/m1/s1. The minimum absolute atomic E-state index is 0.00287. The minimum Gasteiger partial charge on any atom is -0.348 e. The van der Waals surface area contributed by atoms with E-state index in [0.29, 0.717) is 0 Å². The number of hydrogen-bond acceptors (Lipinski definition) is 2. The quantitative estimate of drug-likeness (QED) is 0.686. The van der Waals surface area contributed by atoms with Gasteiger partial charge in [0.15, 0.2) is 6.10 Å². The largest absolute Gasteiger partial charge is 0.348 e. The third-order valence-corrected chi connectivity index (χ3v) is 2.35. The van der Waals surface area contributed by atoms with Gasteiger partial charge in [-0.25, -0.2) is 0 Å². The molecule has 0 aliphatic carbocycles. The van der Waals surface area contributed by atoms with Crippen molar-refractivity contribution < 1.29 is 4.74 Å². The Kier molecular flexibility index (Phi) is 1.87. The van der Waals surface area contributed by atoms with E-state index in [1.165, 1.54) is 0 Å². The highest BCUT2D eigenvalue weighted by Gasteiger charge is 2.40. The summed E-state index contributed by atoms with van der Waals surface area (Å²) in [5.74, 6) is 0. The number of nitriles is 1. The maximum Gasteiger partial charge on any atom is 0.175 e. The Labute approximate surface area is 78.9 Å². The van der Waals surface area contributed by atoms with Gasteiger partial charge < -0.3 is 4.74 Å². The lowest BCUT2D eigenvalue weighted by atomic mass is 10.1. The van der Waals surface area contributed by atoms with Gasteiger partial charge in [0, 0.05) is 4.47 Å². The molecule has 0 radical (unpaired) electrons. The number of hydrogen-bond donors (Lipinski definition) is 0. The molecular formula is C9H6BrNO. The van der Waals surface area contributed by atoms with Crippen LogP contribution in [-0.2, 0) is 4.74 Å². The maximum absolute atomic E-state index is 8.51. The van der Waals surface area contributed by atoms with Crippen LogP contribution in [0.15, 0.2) is 28.7 Å². The summed E-state index contributed by atoms with van der Waals surface area (Å²) in [7, 11) is 0. The predicted molar refractivity (Wildman–Crippen MR) is 47.4 cm³/mol. The molecule has 1 saturated heterocycles. The molecule has 0 saturated carbocycles. The number of nitrogens with zero attached hydrogens (tertiary/aromatic N) is 1.